The fourth-order valence-corrected chi connectivity index (χ4v) is 4.00. The van der Waals surface area contributed by atoms with Crippen molar-refractivity contribution in [2.45, 2.75) is 45.1 Å². The Labute approximate surface area is 131 Å². The average molecular weight is 304 g/mol. The summed E-state index contributed by atoms with van der Waals surface area (Å²) in [5, 5.41) is 12.6. The van der Waals surface area contributed by atoms with Crippen LogP contribution in [0.1, 0.15) is 50.7 Å². The van der Waals surface area contributed by atoms with Gasteiger partial charge in [0.05, 0.1) is 11.6 Å². The van der Waals surface area contributed by atoms with Crippen molar-refractivity contribution < 1.29 is 5.11 Å². The number of pyridine rings is 1. The first-order chi connectivity index (χ1) is 10.2. The number of hydrogen-bond acceptors (Lipinski definition) is 2. The van der Waals surface area contributed by atoms with Gasteiger partial charge in [0.15, 0.2) is 0 Å². The van der Waals surface area contributed by atoms with Gasteiger partial charge in [-0.15, -0.1) is 0 Å². The molecule has 1 aromatic heterocycles. The molecule has 3 atom stereocenters. The van der Waals surface area contributed by atoms with Gasteiger partial charge >= 0.3 is 0 Å². The molecule has 3 rings (SSSR count). The second-order valence-electron chi connectivity index (χ2n) is 6.10. The lowest BCUT2D eigenvalue weighted by Crippen LogP contribution is -2.25. The minimum atomic E-state index is -0.440. The Morgan fingerprint density at radius 2 is 2.10 bits per heavy atom. The van der Waals surface area contributed by atoms with Gasteiger partial charge < -0.3 is 5.11 Å². The van der Waals surface area contributed by atoms with E-state index >= 15 is 0 Å². The van der Waals surface area contributed by atoms with Gasteiger partial charge in [-0.2, -0.15) is 0 Å². The van der Waals surface area contributed by atoms with Crippen molar-refractivity contribution in [1.29, 1.82) is 0 Å². The summed E-state index contributed by atoms with van der Waals surface area (Å²) in [6, 6.07) is 7.69. The maximum Gasteiger partial charge on any atom is 0.0841 e. The summed E-state index contributed by atoms with van der Waals surface area (Å²) >= 11 is 6.25. The zero-order chi connectivity index (χ0) is 14.8. The van der Waals surface area contributed by atoms with Crippen LogP contribution in [0.15, 0.2) is 30.5 Å². The highest BCUT2D eigenvalue weighted by atomic mass is 35.5. The standard InChI is InChI=1S/C18H22ClNO/c1-2-12-6-3-4-7-13(12)18(21)15-9-10-16(19)14-8-5-11-20-17(14)15/h5,8-13,18,21H,2-4,6-7H2,1H3. The van der Waals surface area contributed by atoms with Crippen LogP contribution in [0, 0.1) is 11.8 Å². The molecule has 0 saturated heterocycles. The van der Waals surface area contributed by atoms with E-state index in [1.54, 1.807) is 6.20 Å². The molecule has 1 aromatic carbocycles. The fraction of sp³-hybridized carbons (Fsp3) is 0.500. The Balaban J connectivity index is 2.01. The first-order valence-corrected chi connectivity index (χ1v) is 8.31. The van der Waals surface area contributed by atoms with E-state index in [-0.39, 0.29) is 0 Å². The SMILES string of the molecule is CCC1CCCCC1C(O)c1ccc(Cl)c2cccnc12. The van der Waals surface area contributed by atoms with Crippen molar-refractivity contribution in [1.82, 2.24) is 4.98 Å². The highest BCUT2D eigenvalue weighted by molar-refractivity contribution is 6.35. The summed E-state index contributed by atoms with van der Waals surface area (Å²) < 4.78 is 0. The van der Waals surface area contributed by atoms with Crippen molar-refractivity contribution in [2.24, 2.45) is 11.8 Å². The van der Waals surface area contributed by atoms with Gasteiger partial charge in [0.25, 0.3) is 0 Å². The predicted molar refractivity (Wildman–Crippen MR) is 87.5 cm³/mol. The zero-order valence-electron chi connectivity index (χ0n) is 12.4. The van der Waals surface area contributed by atoms with Crippen molar-refractivity contribution in [3.8, 4) is 0 Å². The molecule has 2 aromatic rings. The van der Waals surface area contributed by atoms with Crippen LogP contribution in [0.4, 0.5) is 0 Å². The molecule has 1 aliphatic rings. The quantitative estimate of drug-likeness (QED) is 0.852. The molecule has 3 unspecified atom stereocenters. The summed E-state index contributed by atoms with van der Waals surface area (Å²) in [4.78, 5) is 4.46. The number of hydrogen-bond donors (Lipinski definition) is 1. The molecular formula is C18H22ClNO. The van der Waals surface area contributed by atoms with Gasteiger partial charge in [0.1, 0.15) is 0 Å². The van der Waals surface area contributed by atoms with Gasteiger partial charge in [0.2, 0.25) is 0 Å². The minimum Gasteiger partial charge on any atom is -0.388 e. The van der Waals surface area contributed by atoms with Crippen LogP contribution in [0.2, 0.25) is 5.02 Å². The Morgan fingerprint density at radius 3 is 2.90 bits per heavy atom. The van der Waals surface area contributed by atoms with Gasteiger partial charge in [-0.3, -0.25) is 4.98 Å². The van der Waals surface area contributed by atoms with E-state index < -0.39 is 6.10 Å². The minimum absolute atomic E-state index is 0.343. The molecule has 0 spiro atoms. The van der Waals surface area contributed by atoms with E-state index in [1.165, 1.54) is 19.3 Å². The molecule has 1 heterocycles. The maximum atomic E-state index is 11.0. The van der Waals surface area contributed by atoms with Crippen LogP contribution in [0.3, 0.4) is 0 Å². The first-order valence-electron chi connectivity index (χ1n) is 7.93. The van der Waals surface area contributed by atoms with Crippen LogP contribution < -0.4 is 0 Å². The molecule has 0 radical (unpaired) electrons. The van der Waals surface area contributed by atoms with Crippen LogP contribution in [0.5, 0.6) is 0 Å². The third-order valence-corrected chi connectivity index (χ3v) is 5.29. The molecule has 0 aliphatic heterocycles. The van der Waals surface area contributed by atoms with Gasteiger partial charge in [-0.05, 0) is 36.5 Å². The number of halogens is 1. The summed E-state index contributed by atoms with van der Waals surface area (Å²) in [5.74, 6) is 0.957. The third-order valence-electron chi connectivity index (χ3n) is 4.96. The Bertz CT molecular complexity index is 628. The van der Waals surface area contributed by atoms with Crippen LogP contribution in [-0.2, 0) is 0 Å². The van der Waals surface area contributed by atoms with Crippen molar-refractivity contribution in [3.05, 3.63) is 41.0 Å². The zero-order valence-corrected chi connectivity index (χ0v) is 13.2. The highest BCUT2D eigenvalue weighted by Gasteiger charge is 2.31. The number of aliphatic hydroxyl groups excluding tert-OH is 1. The lowest BCUT2D eigenvalue weighted by atomic mass is 9.73. The van der Waals surface area contributed by atoms with E-state index in [0.717, 1.165) is 29.3 Å². The number of aromatic nitrogens is 1. The van der Waals surface area contributed by atoms with Crippen LogP contribution >= 0.6 is 11.6 Å². The smallest absolute Gasteiger partial charge is 0.0841 e. The van der Waals surface area contributed by atoms with Crippen molar-refractivity contribution >= 4 is 22.5 Å². The monoisotopic (exact) mass is 303 g/mol. The number of nitrogens with zero attached hydrogens (tertiary/aromatic N) is 1. The van der Waals surface area contributed by atoms with Gasteiger partial charge in [-0.1, -0.05) is 50.3 Å². The second kappa shape index (κ2) is 6.33. The lowest BCUT2D eigenvalue weighted by molar-refractivity contribution is 0.0461. The third kappa shape index (κ3) is 2.79. The van der Waals surface area contributed by atoms with E-state index in [1.807, 2.05) is 24.3 Å². The molecule has 1 saturated carbocycles. The molecule has 1 fully saturated rings. The molecular weight excluding hydrogens is 282 g/mol. The first kappa shape index (κ1) is 14.8. The summed E-state index contributed by atoms with van der Waals surface area (Å²) in [7, 11) is 0. The Morgan fingerprint density at radius 1 is 1.29 bits per heavy atom. The number of fused-ring (bicyclic) bond motifs is 1. The molecule has 0 bridgehead atoms. The largest absolute Gasteiger partial charge is 0.388 e. The van der Waals surface area contributed by atoms with E-state index in [0.29, 0.717) is 16.9 Å². The van der Waals surface area contributed by atoms with Crippen molar-refractivity contribution in [2.75, 3.05) is 0 Å². The van der Waals surface area contributed by atoms with Gasteiger partial charge in [-0.25, -0.2) is 0 Å². The molecule has 0 amide bonds. The fourth-order valence-electron chi connectivity index (χ4n) is 3.79. The number of rotatable bonds is 3. The van der Waals surface area contributed by atoms with E-state index in [2.05, 4.69) is 11.9 Å². The number of aliphatic hydroxyl groups is 1. The summed E-state index contributed by atoms with van der Waals surface area (Å²) in [6.07, 6.45) is 7.32. The Kier molecular flexibility index (Phi) is 4.46. The highest BCUT2D eigenvalue weighted by Crippen LogP contribution is 2.42. The Hall–Kier alpha value is -1.12. The molecule has 1 N–H and O–H groups in total. The molecule has 3 heteroatoms. The molecule has 112 valence electrons. The van der Waals surface area contributed by atoms with Crippen molar-refractivity contribution in [3.63, 3.8) is 0 Å². The average Bonchev–Trinajstić information content (AvgIpc) is 2.55. The topological polar surface area (TPSA) is 33.1 Å². The molecule has 2 nitrogen and oxygen atoms in total. The van der Waals surface area contributed by atoms with Gasteiger partial charge in [0, 0.05) is 22.2 Å². The normalized spacial score (nSPS) is 24.1. The molecule has 21 heavy (non-hydrogen) atoms. The molecule has 1 aliphatic carbocycles. The van der Waals surface area contributed by atoms with E-state index in [9.17, 15) is 5.11 Å². The summed E-state index contributed by atoms with van der Waals surface area (Å²) in [5.41, 5.74) is 1.78. The number of benzene rings is 1. The summed E-state index contributed by atoms with van der Waals surface area (Å²) in [6.45, 7) is 2.23. The predicted octanol–water partition coefficient (Wildman–Crippen LogP) is 5.14. The van der Waals surface area contributed by atoms with Crippen LogP contribution in [-0.4, -0.2) is 10.1 Å². The lowest BCUT2D eigenvalue weighted by Gasteiger charge is -2.34. The maximum absolute atomic E-state index is 11.0. The second-order valence-corrected chi connectivity index (χ2v) is 6.50. The van der Waals surface area contributed by atoms with Crippen LogP contribution in [0.25, 0.3) is 10.9 Å². The van der Waals surface area contributed by atoms with E-state index in [4.69, 9.17) is 11.6 Å².